The van der Waals surface area contributed by atoms with E-state index >= 15 is 0 Å². The van der Waals surface area contributed by atoms with E-state index < -0.39 is 14.1 Å². The summed E-state index contributed by atoms with van der Waals surface area (Å²) in [6, 6.07) is -0.578. The predicted octanol–water partition coefficient (Wildman–Crippen LogP) is 0.0275. The minimum atomic E-state index is -2.36. The Labute approximate surface area is 60.3 Å². The number of hydrogen-bond acceptors (Lipinski definition) is 3. The molecule has 0 fully saturated rings. The lowest BCUT2D eigenvalue weighted by molar-refractivity contribution is -0.118. The maximum Gasteiger partial charge on any atom is 0.513 e. The second-order valence-corrected chi connectivity index (χ2v) is 3.01. The summed E-state index contributed by atoms with van der Waals surface area (Å²) in [7, 11) is -2.36. The Bertz CT molecular complexity index is 148. The standard InChI is InChI=1S/C5H10NO3P/c1-2-4(6)5(7)3-10(8)9/h4H,2-3,6H2,1H3/p+1/t4-/m0/s1. The van der Waals surface area contributed by atoms with Crippen molar-refractivity contribution in [2.45, 2.75) is 19.4 Å². The van der Waals surface area contributed by atoms with Gasteiger partial charge in [0.1, 0.15) is 0 Å². The Hall–Kier alpha value is -0.310. The van der Waals surface area contributed by atoms with Gasteiger partial charge in [0, 0.05) is 0 Å². The molecule has 5 heteroatoms. The normalized spacial score (nSPS) is 14.5. The van der Waals surface area contributed by atoms with Crippen LogP contribution >= 0.6 is 8.03 Å². The summed E-state index contributed by atoms with van der Waals surface area (Å²) in [5.41, 5.74) is 5.28. The molecule has 0 radical (unpaired) electrons. The van der Waals surface area contributed by atoms with Gasteiger partial charge >= 0.3 is 8.03 Å². The third-order valence-electron chi connectivity index (χ3n) is 1.14. The van der Waals surface area contributed by atoms with E-state index in [4.69, 9.17) is 10.6 Å². The van der Waals surface area contributed by atoms with E-state index in [-0.39, 0.29) is 11.9 Å². The molecule has 0 amide bonds. The van der Waals surface area contributed by atoms with Crippen LogP contribution in [-0.4, -0.2) is 22.9 Å². The van der Waals surface area contributed by atoms with Crippen molar-refractivity contribution in [1.82, 2.24) is 0 Å². The minimum absolute atomic E-state index is 0.315. The molecule has 0 rings (SSSR count). The van der Waals surface area contributed by atoms with Crippen LogP contribution < -0.4 is 5.73 Å². The van der Waals surface area contributed by atoms with Gasteiger partial charge in [-0.05, 0) is 11.0 Å². The smallest absolute Gasteiger partial charge is 0.321 e. The maximum absolute atomic E-state index is 10.7. The molecule has 0 aromatic carbocycles. The van der Waals surface area contributed by atoms with Crippen molar-refractivity contribution in [2.24, 2.45) is 5.73 Å². The zero-order chi connectivity index (χ0) is 8.15. The lowest BCUT2D eigenvalue weighted by Crippen LogP contribution is -2.30. The van der Waals surface area contributed by atoms with Crippen molar-refractivity contribution in [3.63, 3.8) is 0 Å². The second-order valence-electron chi connectivity index (χ2n) is 1.99. The van der Waals surface area contributed by atoms with Gasteiger partial charge in [-0.15, -0.1) is 0 Å². The van der Waals surface area contributed by atoms with E-state index in [1.54, 1.807) is 6.92 Å². The first-order valence-electron chi connectivity index (χ1n) is 2.99. The summed E-state index contributed by atoms with van der Waals surface area (Å²) >= 11 is 0. The van der Waals surface area contributed by atoms with Crippen LogP contribution in [0.15, 0.2) is 0 Å². The van der Waals surface area contributed by atoms with Crippen LogP contribution in [0.1, 0.15) is 13.3 Å². The fraction of sp³-hybridized carbons (Fsp3) is 0.800. The summed E-state index contributed by atoms with van der Waals surface area (Å²) in [6.45, 7) is 1.76. The third kappa shape index (κ3) is 3.67. The predicted molar refractivity (Wildman–Crippen MR) is 38.0 cm³/mol. The van der Waals surface area contributed by atoms with Gasteiger partial charge < -0.3 is 5.73 Å². The molecule has 0 bridgehead atoms. The van der Waals surface area contributed by atoms with Crippen LogP contribution in [0.2, 0.25) is 0 Å². The monoisotopic (exact) mass is 164 g/mol. The average Bonchev–Trinajstić information content (AvgIpc) is 1.85. The molecule has 0 aliphatic heterocycles. The van der Waals surface area contributed by atoms with E-state index in [0.717, 1.165) is 0 Å². The Kier molecular flexibility index (Phi) is 4.36. The first-order chi connectivity index (χ1) is 4.57. The van der Waals surface area contributed by atoms with Gasteiger partial charge in [0.2, 0.25) is 6.16 Å². The van der Waals surface area contributed by atoms with E-state index in [0.29, 0.717) is 6.42 Å². The highest BCUT2D eigenvalue weighted by molar-refractivity contribution is 7.39. The van der Waals surface area contributed by atoms with Crippen molar-refractivity contribution < 1.29 is 14.3 Å². The van der Waals surface area contributed by atoms with Crippen molar-refractivity contribution in [3.8, 4) is 0 Å². The molecule has 0 saturated heterocycles. The van der Waals surface area contributed by atoms with Crippen molar-refractivity contribution in [2.75, 3.05) is 6.16 Å². The number of rotatable bonds is 4. The number of ketones is 1. The third-order valence-corrected chi connectivity index (χ3v) is 1.73. The Balaban J connectivity index is 3.73. The molecule has 58 valence electrons. The van der Waals surface area contributed by atoms with Crippen LogP contribution in [0.4, 0.5) is 0 Å². The zero-order valence-electron chi connectivity index (χ0n) is 5.78. The highest BCUT2D eigenvalue weighted by Gasteiger charge is 2.22. The van der Waals surface area contributed by atoms with Gasteiger partial charge in [-0.25, -0.2) is 0 Å². The molecule has 4 nitrogen and oxygen atoms in total. The van der Waals surface area contributed by atoms with Crippen LogP contribution in [0.3, 0.4) is 0 Å². The SMILES string of the molecule is CC[C@H](N)C(=O)C[P+](=O)O. The molecule has 0 aromatic rings. The summed E-state index contributed by atoms with van der Waals surface area (Å²) in [5, 5.41) is 0. The van der Waals surface area contributed by atoms with Gasteiger partial charge in [0.15, 0.2) is 5.78 Å². The zero-order valence-corrected chi connectivity index (χ0v) is 6.67. The largest absolute Gasteiger partial charge is 0.513 e. The molecule has 1 unspecified atom stereocenters. The summed E-state index contributed by atoms with van der Waals surface area (Å²) in [5.74, 6) is -0.342. The number of nitrogens with two attached hydrogens (primary N) is 1. The minimum Gasteiger partial charge on any atom is -0.321 e. The van der Waals surface area contributed by atoms with Gasteiger partial charge in [-0.1, -0.05) is 6.92 Å². The van der Waals surface area contributed by atoms with Crippen LogP contribution in [0, 0.1) is 0 Å². The topological polar surface area (TPSA) is 80.4 Å². The number of carbonyl (C=O) groups is 1. The van der Waals surface area contributed by atoms with Crippen LogP contribution in [-0.2, 0) is 9.36 Å². The molecule has 2 atom stereocenters. The lowest BCUT2D eigenvalue weighted by atomic mass is 10.2. The first-order valence-corrected chi connectivity index (χ1v) is 4.39. The highest BCUT2D eigenvalue weighted by atomic mass is 31.1. The van der Waals surface area contributed by atoms with E-state index in [1.807, 2.05) is 0 Å². The summed E-state index contributed by atoms with van der Waals surface area (Å²) < 4.78 is 10.1. The molecule has 3 N–H and O–H groups in total. The Morgan fingerprint density at radius 2 is 2.30 bits per heavy atom. The summed E-state index contributed by atoms with van der Waals surface area (Å²) in [6.07, 6.45) is 0.201. The average molecular weight is 164 g/mol. The fourth-order valence-electron chi connectivity index (χ4n) is 0.478. The molecular weight excluding hydrogens is 153 g/mol. The van der Waals surface area contributed by atoms with E-state index in [1.165, 1.54) is 0 Å². The quantitative estimate of drug-likeness (QED) is 0.574. The molecule has 0 aromatic heterocycles. The van der Waals surface area contributed by atoms with E-state index in [2.05, 4.69) is 0 Å². The highest BCUT2D eigenvalue weighted by Crippen LogP contribution is 2.12. The molecule has 0 spiro atoms. The van der Waals surface area contributed by atoms with Crippen LogP contribution in [0.25, 0.3) is 0 Å². The van der Waals surface area contributed by atoms with Crippen molar-refractivity contribution in [3.05, 3.63) is 0 Å². The van der Waals surface area contributed by atoms with Crippen molar-refractivity contribution >= 4 is 13.8 Å². The van der Waals surface area contributed by atoms with Gasteiger partial charge in [0.05, 0.1) is 6.04 Å². The molecule has 0 saturated carbocycles. The molecule has 0 aliphatic carbocycles. The maximum atomic E-state index is 10.7. The second kappa shape index (κ2) is 4.50. The van der Waals surface area contributed by atoms with Crippen LogP contribution in [0.5, 0.6) is 0 Å². The molecular formula is C5H11NO3P+. The fourth-order valence-corrected chi connectivity index (χ4v) is 0.979. The van der Waals surface area contributed by atoms with Crippen molar-refractivity contribution in [1.29, 1.82) is 0 Å². The lowest BCUT2D eigenvalue weighted by Gasteiger charge is -1.99. The molecule has 0 heterocycles. The Morgan fingerprint density at radius 1 is 1.80 bits per heavy atom. The summed E-state index contributed by atoms with van der Waals surface area (Å²) in [4.78, 5) is 19.0. The van der Waals surface area contributed by atoms with E-state index in [9.17, 15) is 9.36 Å². The number of Topliss-reactive ketones (excluding diaryl/α,β-unsaturated/α-hetero) is 1. The molecule has 10 heavy (non-hydrogen) atoms. The first kappa shape index (κ1) is 9.69. The van der Waals surface area contributed by atoms with Gasteiger partial charge in [-0.3, -0.25) is 4.79 Å². The number of hydrogen-bond donors (Lipinski definition) is 2. The number of carbonyl (C=O) groups excluding carboxylic acids is 1. The molecule has 0 aliphatic rings. The van der Waals surface area contributed by atoms with Gasteiger partial charge in [-0.2, -0.15) is 4.89 Å². The Morgan fingerprint density at radius 3 is 2.60 bits per heavy atom. The van der Waals surface area contributed by atoms with Gasteiger partial charge in [0.25, 0.3) is 0 Å².